The molecule has 0 amide bonds. The first-order valence-corrected chi connectivity index (χ1v) is 10.4. The SMILES string of the molecule is CC(C)CCOCCCCCC[Si](C)(O)C(C)C. The third-order valence-electron chi connectivity index (χ3n) is 3.80. The molecule has 0 aliphatic carbocycles. The fraction of sp³-hybridized carbons (Fsp3) is 1.00. The first kappa shape index (κ1) is 18.1. The monoisotopic (exact) mass is 274 g/mol. The van der Waals surface area contributed by atoms with Crippen LogP contribution in [0.3, 0.4) is 0 Å². The Balaban J connectivity index is 3.26. The van der Waals surface area contributed by atoms with Gasteiger partial charge in [0.25, 0.3) is 0 Å². The maximum Gasteiger partial charge on any atom is 0.188 e. The molecule has 110 valence electrons. The summed E-state index contributed by atoms with van der Waals surface area (Å²) in [7, 11) is -1.91. The summed E-state index contributed by atoms with van der Waals surface area (Å²) in [6.45, 7) is 12.7. The van der Waals surface area contributed by atoms with Gasteiger partial charge < -0.3 is 9.53 Å². The molecule has 0 saturated heterocycles. The maximum absolute atomic E-state index is 10.2. The van der Waals surface area contributed by atoms with Gasteiger partial charge in [0.15, 0.2) is 8.32 Å². The van der Waals surface area contributed by atoms with E-state index in [-0.39, 0.29) is 0 Å². The number of rotatable bonds is 11. The highest BCUT2D eigenvalue weighted by atomic mass is 28.4. The van der Waals surface area contributed by atoms with E-state index in [1.54, 1.807) is 0 Å². The lowest BCUT2D eigenvalue weighted by Crippen LogP contribution is -2.33. The van der Waals surface area contributed by atoms with Gasteiger partial charge in [-0.1, -0.05) is 47.0 Å². The van der Waals surface area contributed by atoms with E-state index in [1.165, 1.54) is 32.1 Å². The standard InChI is InChI=1S/C15H34O2Si/c1-14(2)10-12-17-11-8-6-7-9-13-18(5,16)15(3)4/h14-16H,6-13H2,1-5H3. The van der Waals surface area contributed by atoms with Gasteiger partial charge in [0, 0.05) is 13.2 Å². The van der Waals surface area contributed by atoms with Gasteiger partial charge >= 0.3 is 0 Å². The lowest BCUT2D eigenvalue weighted by molar-refractivity contribution is 0.119. The number of hydrogen-bond acceptors (Lipinski definition) is 2. The maximum atomic E-state index is 10.2. The van der Waals surface area contributed by atoms with Gasteiger partial charge in [-0.3, -0.25) is 0 Å². The lowest BCUT2D eigenvalue weighted by Gasteiger charge is -2.24. The van der Waals surface area contributed by atoms with Crippen molar-refractivity contribution in [1.82, 2.24) is 0 Å². The molecule has 0 spiro atoms. The van der Waals surface area contributed by atoms with Crippen molar-refractivity contribution in [3.8, 4) is 0 Å². The van der Waals surface area contributed by atoms with E-state index in [1.807, 2.05) is 0 Å². The Hall–Kier alpha value is 0.137. The zero-order valence-corrected chi connectivity index (χ0v) is 14.2. The Morgan fingerprint density at radius 2 is 1.56 bits per heavy atom. The predicted molar refractivity (Wildman–Crippen MR) is 82.5 cm³/mol. The van der Waals surface area contributed by atoms with Gasteiger partial charge in [0.05, 0.1) is 0 Å². The molecule has 0 aliphatic rings. The van der Waals surface area contributed by atoms with Crippen LogP contribution < -0.4 is 0 Å². The topological polar surface area (TPSA) is 29.5 Å². The van der Waals surface area contributed by atoms with E-state index < -0.39 is 8.32 Å². The quantitative estimate of drug-likeness (QED) is 0.441. The molecule has 0 rings (SSSR count). The highest BCUT2D eigenvalue weighted by molar-refractivity contribution is 6.72. The molecule has 0 aromatic rings. The van der Waals surface area contributed by atoms with Crippen molar-refractivity contribution < 1.29 is 9.53 Å². The Morgan fingerprint density at radius 1 is 0.944 bits per heavy atom. The van der Waals surface area contributed by atoms with Crippen LogP contribution in [0.15, 0.2) is 0 Å². The van der Waals surface area contributed by atoms with Crippen LogP contribution in [0.5, 0.6) is 0 Å². The first-order chi connectivity index (χ1) is 8.36. The van der Waals surface area contributed by atoms with Gasteiger partial charge in [-0.2, -0.15) is 0 Å². The van der Waals surface area contributed by atoms with E-state index in [0.29, 0.717) is 5.54 Å². The fourth-order valence-electron chi connectivity index (χ4n) is 1.75. The second kappa shape index (κ2) is 9.99. The molecule has 0 saturated carbocycles. The molecule has 0 fully saturated rings. The largest absolute Gasteiger partial charge is 0.432 e. The minimum absolute atomic E-state index is 0.483. The second-order valence-corrected chi connectivity index (χ2v) is 10.8. The molecule has 0 aromatic carbocycles. The highest BCUT2D eigenvalue weighted by Crippen LogP contribution is 2.24. The van der Waals surface area contributed by atoms with Crippen LogP contribution in [0, 0.1) is 5.92 Å². The Bertz CT molecular complexity index is 191. The summed E-state index contributed by atoms with van der Waals surface area (Å²) < 4.78 is 5.59. The summed E-state index contributed by atoms with van der Waals surface area (Å²) in [5.41, 5.74) is 0.483. The van der Waals surface area contributed by atoms with Crippen molar-refractivity contribution in [1.29, 1.82) is 0 Å². The minimum Gasteiger partial charge on any atom is -0.432 e. The molecular weight excluding hydrogens is 240 g/mol. The fourth-order valence-corrected chi connectivity index (χ4v) is 3.29. The third kappa shape index (κ3) is 10.1. The third-order valence-corrected chi connectivity index (χ3v) is 7.66. The molecule has 0 heterocycles. The Kier molecular flexibility index (Phi) is 10.1. The number of hydrogen-bond donors (Lipinski definition) is 1. The van der Waals surface area contributed by atoms with E-state index in [9.17, 15) is 4.80 Å². The number of unbranched alkanes of at least 4 members (excludes halogenated alkanes) is 3. The van der Waals surface area contributed by atoms with Crippen molar-refractivity contribution in [2.75, 3.05) is 13.2 Å². The van der Waals surface area contributed by atoms with Gasteiger partial charge in [0.2, 0.25) is 0 Å². The van der Waals surface area contributed by atoms with Crippen molar-refractivity contribution in [3.63, 3.8) is 0 Å². The Labute approximate surface area is 115 Å². The smallest absolute Gasteiger partial charge is 0.188 e. The molecule has 0 bridgehead atoms. The molecule has 0 radical (unpaired) electrons. The first-order valence-electron chi connectivity index (χ1n) is 7.66. The molecule has 2 nitrogen and oxygen atoms in total. The minimum atomic E-state index is -1.91. The Morgan fingerprint density at radius 3 is 2.11 bits per heavy atom. The summed E-state index contributed by atoms with van der Waals surface area (Å²) in [5, 5.41) is 0. The van der Waals surface area contributed by atoms with E-state index >= 15 is 0 Å². The van der Waals surface area contributed by atoms with Crippen LogP contribution in [-0.4, -0.2) is 26.3 Å². The van der Waals surface area contributed by atoms with Gasteiger partial charge in [-0.05, 0) is 36.9 Å². The molecule has 1 unspecified atom stereocenters. The van der Waals surface area contributed by atoms with Crippen LogP contribution in [0.25, 0.3) is 0 Å². The van der Waals surface area contributed by atoms with E-state index in [0.717, 1.165) is 25.2 Å². The summed E-state index contributed by atoms with van der Waals surface area (Å²) in [5.74, 6) is 0.744. The van der Waals surface area contributed by atoms with Crippen molar-refractivity contribution in [2.45, 2.75) is 77.9 Å². The van der Waals surface area contributed by atoms with Crippen LogP contribution in [0.4, 0.5) is 0 Å². The second-order valence-electron chi connectivity index (χ2n) is 6.47. The summed E-state index contributed by atoms with van der Waals surface area (Å²) >= 11 is 0. The predicted octanol–water partition coefficient (Wildman–Crippen LogP) is 4.59. The summed E-state index contributed by atoms with van der Waals surface area (Å²) in [4.78, 5) is 10.2. The molecule has 0 aromatic heterocycles. The van der Waals surface area contributed by atoms with Crippen LogP contribution >= 0.6 is 0 Å². The lowest BCUT2D eigenvalue weighted by atomic mass is 10.1. The zero-order valence-electron chi connectivity index (χ0n) is 13.2. The van der Waals surface area contributed by atoms with Crippen LogP contribution in [0.2, 0.25) is 18.1 Å². The average molecular weight is 275 g/mol. The van der Waals surface area contributed by atoms with Gasteiger partial charge in [-0.25, -0.2) is 0 Å². The van der Waals surface area contributed by atoms with Crippen LogP contribution in [-0.2, 0) is 4.74 Å². The summed E-state index contributed by atoms with van der Waals surface area (Å²) in [6, 6.07) is 1.05. The molecule has 3 heteroatoms. The molecular formula is C15H34O2Si. The molecule has 0 aliphatic heterocycles. The van der Waals surface area contributed by atoms with E-state index in [2.05, 4.69) is 34.2 Å². The van der Waals surface area contributed by atoms with Crippen molar-refractivity contribution >= 4 is 8.32 Å². The summed E-state index contributed by atoms with van der Waals surface area (Å²) in [6.07, 6.45) is 6.00. The van der Waals surface area contributed by atoms with E-state index in [4.69, 9.17) is 4.74 Å². The highest BCUT2D eigenvalue weighted by Gasteiger charge is 2.27. The normalized spacial score (nSPS) is 15.3. The van der Waals surface area contributed by atoms with Gasteiger partial charge in [0.1, 0.15) is 0 Å². The molecule has 1 N–H and O–H groups in total. The average Bonchev–Trinajstić information content (AvgIpc) is 2.26. The molecule has 18 heavy (non-hydrogen) atoms. The zero-order chi connectivity index (χ0) is 14.0. The van der Waals surface area contributed by atoms with Crippen molar-refractivity contribution in [2.24, 2.45) is 5.92 Å². The van der Waals surface area contributed by atoms with Gasteiger partial charge in [-0.15, -0.1) is 0 Å². The van der Waals surface area contributed by atoms with Crippen LogP contribution in [0.1, 0.15) is 59.8 Å². The number of ether oxygens (including phenoxy) is 1. The van der Waals surface area contributed by atoms with Crippen molar-refractivity contribution in [3.05, 3.63) is 0 Å². The molecule has 1 atom stereocenters.